The maximum absolute atomic E-state index is 13.6. The molecule has 1 aromatic rings. The summed E-state index contributed by atoms with van der Waals surface area (Å²) in [6.07, 6.45) is -0.703. The van der Waals surface area contributed by atoms with Gasteiger partial charge in [0, 0.05) is 11.5 Å². The molecule has 2 heteroatoms. The van der Waals surface area contributed by atoms with Crippen LogP contribution in [0.15, 0.2) is 24.3 Å². The summed E-state index contributed by atoms with van der Waals surface area (Å²) in [6.45, 7) is 8.51. The molecule has 1 nitrogen and oxygen atoms in total. The summed E-state index contributed by atoms with van der Waals surface area (Å²) < 4.78 is 13.6. The summed E-state index contributed by atoms with van der Waals surface area (Å²) in [5.41, 5.74) is 0.551. The lowest BCUT2D eigenvalue weighted by Gasteiger charge is -2.13. The molecule has 1 aromatic carbocycles. The molecule has 0 aliphatic heterocycles. The van der Waals surface area contributed by atoms with Crippen molar-refractivity contribution in [3.05, 3.63) is 35.6 Å². The highest BCUT2D eigenvalue weighted by atomic mass is 19.1. The lowest BCUT2D eigenvalue weighted by Crippen LogP contribution is -2.07. The lowest BCUT2D eigenvalue weighted by atomic mass is 9.99. The summed E-state index contributed by atoms with van der Waals surface area (Å²) in [5.74, 6) is -0.189. The van der Waals surface area contributed by atoms with Gasteiger partial charge in [-0.2, -0.15) is 0 Å². The molecule has 0 amide bonds. The summed E-state index contributed by atoms with van der Waals surface area (Å²) in [5, 5.41) is 10.3. The second kappa shape index (κ2) is 3.30. The largest absolute Gasteiger partial charge is 0.388 e. The molecule has 0 spiro atoms. The molecule has 2 rings (SSSR count). The van der Waals surface area contributed by atoms with E-state index in [0.29, 0.717) is 5.56 Å². The average Bonchev–Trinajstić information content (AvgIpc) is 2.57. The van der Waals surface area contributed by atoms with E-state index in [4.69, 9.17) is 0 Å². The van der Waals surface area contributed by atoms with Crippen molar-refractivity contribution in [3.8, 4) is 0 Å². The molecule has 1 N–H and O–H groups in total. The summed E-state index contributed by atoms with van der Waals surface area (Å²) >= 11 is 0. The van der Waals surface area contributed by atoms with Crippen LogP contribution in [-0.4, -0.2) is 5.11 Å². The van der Waals surface area contributed by atoms with E-state index < -0.39 is 6.10 Å². The number of hydrogen-bond donors (Lipinski definition) is 1. The van der Waals surface area contributed by atoms with Crippen molar-refractivity contribution in [1.82, 2.24) is 0 Å². The third-order valence-electron chi connectivity index (χ3n) is 4.67. The van der Waals surface area contributed by atoms with Crippen molar-refractivity contribution >= 4 is 0 Å². The van der Waals surface area contributed by atoms with Crippen LogP contribution in [0.5, 0.6) is 0 Å². The Morgan fingerprint density at radius 3 is 2.06 bits per heavy atom. The van der Waals surface area contributed by atoms with Gasteiger partial charge in [0.15, 0.2) is 0 Å². The third kappa shape index (κ3) is 1.40. The Labute approximate surface area is 96.3 Å². The lowest BCUT2D eigenvalue weighted by molar-refractivity contribution is 0.126. The normalized spacial score (nSPS) is 24.1. The number of hydrogen-bond acceptors (Lipinski definition) is 1. The van der Waals surface area contributed by atoms with Gasteiger partial charge in [-0.3, -0.25) is 0 Å². The Balaban J connectivity index is 2.29. The first-order valence-corrected chi connectivity index (χ1v) is 5.72. The molecule has 1 atom stereocenters. The second-order valence-electron chi connectivity index (χ2n) is 5.89. The van der Waals surface area contributed by atoms with Gasteiger partial charge in [0.05, 0.1) is 6.10 Å². The molecule has 1 aliphatic carbocycles. The summed E-state index contributed by atoms with van der Waals surface area (Å²) in [4.78, 5) is 0. The number of aliphatic hydroxyl groups is 1. The van der Waals surface area contributed by atoms with Gasteiger partial charge in [-0.1, -0.05) is 45.9 Å². The first-order valence-electron chi connectivity index (χ1n) is 5.72. The highest BCUT2D eigenvalue weighted by Gasteiger charge is 2.67. The average molecular weight is 222 g/mol. The second-order valence-corrected chi connectivity index (χ2v) is 5.89. The Bertz CT molecular complexity index is 395. The highest BCUT2D eigenvalue weighted by Crippen LogP contribution is 2.72. The molecule has 0 aromatic heterocycles. The molecule has 16 heavy (non-hydrogen) atoms. The van der Waals surface area contributed by atoms with E-state index in [-0.39, 0.29) is 22.6 Å². The van der Waals surface area contributed by atoms with Gasteiger partial charge in [-0.05, 0) is 16.9 Å². The van der Waals surface area contributed by atoms with E-state index in [1.807, 2.05) is 0 Å². The highest BCUT2D eigenvalue weighted by molar-refractivity contribution is 5.26. The van der Waals surface area contributed by atoms with Crippen LogP contribution in [0.4, 0.5) is 4.39 Å². The van der Waals surface area contributed by atoms with Crippen LogP contribution in [0.25, 0.3) is 0 Å². The molecule has 0 bridgehead atoms. The predicted molar refractivity (Wildman–Crippen MR) is 62.4 cm³/mol. The van der Waals surface area contributed by atoms with Crippen LogP contribution in [0.2, 0.25) is 0 Å². The molecular weight excluding hydrogens is 203 g/mol. The van der Waals surface area contributed by atoms with E-state index in [1.54, 1.807) is 18.2 Å². The molecule has 1 fully saturated rings. The van der Waals surface area contributed by atoms with Crippen LogP contribution >= 0.6 is 0 Å². The van der Waals surface area contributed by atoms with Crippen LogP contribution < -0.4 is 0 Å². The standard InChI is InChI=1S/C14H19FO/c1-13(2)12(14(13,3)4)11(16)9-7-5-6-8-10(9)15/h5-8,11-12,16H,1-4H3. The summed E-state index contributed by atoms with van der Waals surface area (Å²) in [6, 6.07) is 6.49. The fourth-order valence-corrected chi connectivity index (χ4v) is 2.93. The van der Waals surface area contributed by atoms with E-state index in [2.05, 4.69) is 27.7 Å². The SMILES string of the molecule is CC1(C)C(C(O)c2ccccc2F)C1(C)C. The van der Waals surface area contributed by atoms with Gasteiger partial charge < -0.3 is 5.11 Å². The van der Waals surface area contributed by atoms with Crippen LogP contribution in [0, 0.1) is 22.6 Å². The van der Waals surface area contributed by atoms with E-state index in [1.165, 1.54) is 6.07 Å². The van der Waals surface area contributed by atoms with Crippen molar-refractivity contribution in [2.75, 3.05) is 0 Å². The maximum atomic E-state index is 13.6. The van der Waals surface area contributed by atoms with Gasteiger partial charge in [0.25, 0.3) is 0 Å². The quantitative estimate of drug-likeness (QED) is 0.811. The molecule has 0 radical (unpaired) electrons. The monoisotopic (exact) mass is 222 g/mol. The van der Waals surface area contributed by atoms with Crippen LogP contribution in [-0.2, 0) is 0 Å². The Morgan fingerprint density at radius 2 is 1.62 bits per heavy atom. The minimum Gasteiger partial charge on any atom is -0.388 e. The first-order chi connectivity index (χ1) is 7.30. The summed E-state index contributed by atoms with van der Waals surface area (Å²) in [7, 11) is 0. The molecule has 1 aliphatic rings. The molecular formula is C14H19FO. The molecule has 1 saturated carbocycles. The van der Waals surface area contributed by atoms with Crippen molar-refractivity contribution in [2.24, 2.45) is 16.7 Å². The Kier molecular flexibility index (Phi) is 2.39. The van der Waals surface area contributed by atoms with Gasteiger partial charge >= 0.3 is 0 Å². The molecule has 88 valence electrons. The zero-order valence-electron chi connectivity index (χ0n) is 10.3. The Morgan fingerprint density at radius 1 is 1.12 bits per heavy atom. The number of rotatable bonds is 2. The molecule has 0 saturated heterocycles. The number of halogens is 1. The predicted octanol–water partition coefficient (Wildman–Crippen LogP) is 3.54. The topological polar surface area (TPSA) is 20.2 Å². The number of aliphatic hydroxyl groups excluding tert-OH is 1. The van der Waals surface area contributed by atoms with Crippen molar-refractivity contribution in [2.45, 2.75) is 33.8 Å². The fraction of sp³-hybridized carbons (Fsp3) is 0.571. The maximum Gasteiger partial charge on any atom is 0.129 e. The zero-order valence-corrected chi connectivity index (χ0v) is 10.3. The van der Waals surface area contributed by atoms with Gasteiger partial charge in [-0.25, -0.2) is 4.39 Å². The van der Waals surface area contributed by atoms with Gasteiger partial charge in [0.1, 0.15) is 5.82 Å². The molecule has 0 heterocycles. The minimum atomic E-state index is -0.703. The van der Waals surface area contributed by atoms with Crippen molar-refractivity contribution in [1.29, 1.82) is 0 Å². The van der Waals surface area contributed by atoms with Crippen molar-refractivity contribution in [3.63, 3.8) is 0 Å². The van der Waals surface area contributed by atoms with Gasteiger partial charge in [-0.15, -0.1) is 0 Å². The van der Waals surface area contributed by atoms with Crippen molar-refractivity contribution < 1.29 is 9.50 Å². The molecule has 1 unspecified atom stereocenters. The van der Waals surface area contributed by atoms with E-state index in [0.717, 1.165) is 0 Å². The first kappa shape index (κ1) is 11.6. The van der Waals surface area contributed by atoms with Crippen LogP contribution in [0.1, 0.15) is 39.4 Å². The van der Waals surface area contributed by atoms with Crippen LogP contribution in [0.3, 0.4) is 0 Å². The fourth-order valence-electron chi connectivity index (χ4n) is 2.93. The zero-order chi connectivity index (χ0) is 12.1. The van der Waals surface area contributed by atoms with E-state index in [9.17, 15) is 9.50 Å². The smallest absolute Gasteiger partial charge is 0.129 e. The minimum absolute atomic E-state index is 0.0642. The third-order valence-corrected chi connectivity index (χ3v) is 4.67. The van der Waals surface area contributed by atoms with Gasteiger partial charge in [0.2, 0.25) is 0 Å². The Hall–Kier alpha value is -0.890. The number of benzene rings is 1. The van der Waals surface area contributed by atoms with E-state index >= 15 is 0 Å².